The number of rotatable bonds is 20. The van der Waals surface area contributed by atoms with Crippen LogP contribution in [0.1, 0.15) is 23.0 Å². The molecule has 8 aromatic rings. The van der Waals surface area contributed by atoms with Gasteiger partial charge in [0.15, 0.2) is 20.7 Å². The number of carbonyl (C=O) groups is 8. The van der Waals surface area contributed by atoms with Crippen molar-refractivity contribution in [1.82, 2.24) is 55.1 Å². The van der Waals surface area contributed by atoms with Crippen molar-refractivity contribution < 1.29 is 80.8 Å². The Hall–Kier alpha value is -13.3. The Kier molecular flexibility index (Phi) is 33.0. The summed E-state index contributed by atoms with van der Waals surface area (Å²) in [5.41, 5.74) is 6.63. The normalized spacial score (nSPS) is 18.5. The molecule has 45 heteroatoms. The third kappa shape index (κ3) is 27.4. The van der Waals surface area contributed by atoms with Gasteiger partial charge in [0.25, 0.3) is 46.4 Å². The largest absolute Gasteiger partial charge is 0.480 e. The molecule has 0 aliphatic carbocycles. The van der Waals surface area contributed by atoms with E-state index in [1.54, 1.807) is 121 Å². The molecule has 0 saturated carbocycles. The zero-order valence-electron chi connectivity index (χ0n) is 69.8. The fourth-order valence-electron chi connectivity index (χ4n) is 13.3. The molecule has 8 aliphatic rings. The fraction of sp³-hybridized carbons (Fsp3) is 0.286. The Bertz CT molecular complexity index is 5440. The maximum absolute atomic E-state index is 12.3. The number of likely N-dealkylation sites (N-methyl/N-ethyl adjacent to an activating group) is 4. The average Bonchev–Trinajstić information content (AvgIpc) is 1.65. The highest BCUT2D eigenvalue weighted by Gasteiger charge is 2.32. The predicted octanol–water partition coefficient (Wildman–Crippen LogP) is 8.67. The number of nitrogens with one attached hydrogen (secondary N) is 3. The Labute approximate surface area is 752 Å². The summed E-state index contributed by atoms with van der Waals surface area (Å²) < 4.78 is 22.7. The van der Waals surface area contributed by atoms with Gasteiger partial charge in [-0.3, -0.25) is 98.4 Å². The molecule has 4 aromatic carbocycles. The summed E-state index contributed by atoms with van der Waals surface area (Å²) in [4.78, 5) is 172. The number of amides is 7. The number of nitro benzene ring substituents is 4. The number of aliphatic imine (C=N–C) groups is 4. The maximum atomic E-state index is 12.3. The van der Waals surface area contributed by atoms with Crippen molar-refractivity contribution in [3.8, 4) is 45.3 Å². The van der Waals surface area contributed by atoms with Crippen LogP contribution in [0.4, 0.5) is 22.7 Å². The van der Waals surface area contributed by atoms with E-state index in [0.29, 0.717) is 88.0 Å². The number of benzene rings is 4. The third-order valence-electron chi connectivity index (χ3n) is 20.1. The second kappa shape index (κ2) is 44.9. The van der Waals surface area contributed by atoms with Gasteiger partial charge >= 0.3 is 5.97 Å². The molecule has 0 radical (unpaired) electrons. The first-order chi connectivity index (χ1) is 61.9. The molecule has 12 heterocycles. The van der Waals surface area contributed by atoms with Crippen molar-refractivity contribution >= 4 is 162 Å². The Morgan fingerprint density at radius 1 is 0.357 bits per heavy atom. The van der Waals surface area contributed by atoms with Crippen molar-refractivity contribution in [2.24, 2.45) is 25.7 Å². The molecule has 0 atom stereocenters. The van der Waals surface area contributed by atoms with E-state index in [1.165, 1.54) is 48.6 Å². The summed E-state index contributed by atoms with van der Waals surface area (Å²) in [5.74, 6) is -0.459. The molecule has 0 bridgehead atoms. The summed E-state index contributed by atoms with van der Waals surface area (Å²) >= 11 is 4.21. The lowest BCUT2D eigenvalue weighted by atomic mass is 10.1. The van der Waals surface area contributed by atoms with Gasteiger partial charge in [0.1, 0.15) is 46.1 Å². The van der Waals surface area contributed by atoms with Gasteiger partial charge in [-0.15, -0.1) is 0 Å². The van der Waals surface area contributed by atoms with Crippen LogP contribution in [0, 0.1) is 40.5 Å². The van der Waals surface area contributed by atoms with Gasteiger partial charge in [0, 0.05) is 153 Å². The smallest absolute Gasteiger partial charge is 0.317 e. The molecule has 8 aliphatic heterocycles. The average molecular weight is 1840 g/mol. The molecule has 129 heavy (non-hydrogen) atoms. The molecule has 0 spiro atoms. The second-order valence-corrected chi connectivity index (χ2v) is 33.8. The second-order valence-electron chi connectivity index (χ2n) is 29.6. The van der Waals surface area contributed by atoms with Crippen LogP contribution in [0.25, 0.3) is 69.6 Å². The van der Waals surface area contributed by atoms with Gasteiger partial charge in [0.05, 0.1) is 87.7 Å². The van der Waals surface area contributed by atoms with E-state index in [0.717, 1.165) is 152 Å². The zero-order valence-corrected chi connectivity index (χ0v) is 73.1. The minimum absolute atomic E-state index is 0.0463. The van der Waals surface area contributed by atoms with Crippen molar-refractivity contribution in [3.05, 3.63) is 229 Å². The van der Waals surface area contributed by atoms with Crippen LogP contribution in [-0.4, -0.2) is 291 Å². The van der Waals surface area contributed by atoms with Crippen molar-refractivity contribution in [2.75, 3.05) is 159 Å². The number of hydrogen-bond acceptors (Lipinski definition) is 33. The summed E-state index contributed by atoms with van der Waals surface area (Å²) in [5, 5.41) is 62.1. The third-order valence-corrected chi connectivity index (χ3v) is 23.7. The highest BCUT2D eigenvalue weighted by Crippen LogP contribution is 2.39. The molecule has 41 nitrogen and oxygen atoms in total. The molecule has 16 rings (SSSR count). The van der Waals surface area contributed by atoms with E-state index >= 15 is 0 Å². The number of nitrogens with two attached hydrogens (primary N) is 1. The lowest BCUT2D eigenvalue weighted by Gasteiger charge is -2.31. The first-order valence-electron chi connectivity index (χ1n) is 39.8. The lowest BCUT2D eigenvalue weighted by molar-refractivity contribution is -0.384. The first kappa shape index (κ1) is 94.8. The number of carboxylic acid groups (broad SMARTS) is 1. The molecule has 7 amide bonds. The van der Waals surface area contributed by atoms with Crippen LogP contribution < -0.4 is 21.7 Å². The standard InChI is InChI=1S/3C21H21N5O5S.C14H9N3O4S.C7H14N2O2/c3*1-24-8-10-25(11-9-24)13-19(27)22-21-23-20(28)18(32-21)12-14-6-7-17(31-14)15-4-2-3-5-16(15)26(29)30;15-14-16-13(18)12(22-14)7-8-5-6-11(21-8)9-3-1-2-4-10(9)17(19)20;1-8-2-4-9(5-3-8)6-7(10)11/h3*2-7,12H,8-11,13H2,1H3,(H,22,23,27,28);1-7H,(H2,15,16,18);2-6H2,1H3,(H,10,11)/b3*18-12-;12-7-;. The summed E-state index contributed by atoms with van der Waals surface area (Å²) in [7, 11) is 8.19. The molecule has 4 aromatic heterocycles. The number of hydrogen-bond donors (Lipinski definition) is 5. The molecule has 4 saturated heterocycles. The van der Waals surface area contributed by atoms with Crippen LogP contribution >= 0.6 is 47.0 Å². The molecular formula is C84H86N20O21S4. The van der Waals surface area contributed by atoms with Crippen LogP contribution in [0.15, 0.2) is 203 Å². The van der Waals surface area contributed by atoms with E-state index < -0.39 is 49.3 Å². The van der Waals surface area contributed by atoms with Crippen LogP contribution in [0.5, 0.6) is 0 Å². The Balaban J connectivity index is 0.000000151. The summed E-state index contributed by atoms with van der Waals surface area (Å²) in [6.45, 7) is 15.0. The monoisotopic (exact) mass is 1840 g/mol. The number of carbonyl (C=O) groups excluding carboxylic acids is 7. The Morgan fingerprint density at radius 3 is 0.806 bits per heavy atom. The molecule has 0 unspecified atom stereocenters. The number of aliphatic carboxylic acids is 1. The predicted molar refractivity (Wildman–Crippen MR) is 487 cm³/mol. The van der Waals surface area contributed by atoms with E-state index in [4.69, 9.17) is 28.5 Å². The minimum atomic E-state index is -0.727. The van der Waals surface area contributed by atoms with Crippen molar-refractivity contribution in [1.29, 1.82) is 0 Å². The van der Waals surface area contributed by atoms with Gasteiger partial charge in [-0.1, -0.05) is 48.5 Å². The molecular weight excluding hydrogens is 1750 g/mol. The number of para-hydroxylation sites is 4. The van der Waals surface area contributed by atoms with Gasteiger partial charge < -0.3 is 64.1 Å². The summed E-state index contributed by atoms with van der Waals surface area (Å²) in [6.07, 6.45) is 6.03. The topological polar surface area (TPSA) is 519 Å². The number of carboxylic acids is 1. The maximum Gasteiger partial charge on any atom is 0.317 e. The summed E-state index contributed by atoms with van der Waals surface area (Å²) in [6, 6.07) is 38.0. The van der Waals surface area contributed by atoms with E-state index in [-0.39, 0.29) is 87.3 Å². The van der Waals surface area contributed by atoms with Crippen molar-refractivity contribution in [3.63, 3.8) is 0 Å². The number of nitro groups is 4. The van der Waals surface area contributed by atoms with Crippen LogP contribution in [0.3, 0.4) is 0 Å². The molecule has 4 fully saturated rings. The molecule has 6 N–H and O–H groups in total. The number of amidine groups is 4. The van der Waals surface area contributed by atoms with E-state index in [2.05, 4.69) is 77.3 Å². The SMILES string of the molecule is CN1CCN(CC(=O)NC2=NC(=O)/C(=C/c3ccc(-c4ccccc4[N+](=O)[O-])o3)S2)CC1.CN1CCN(CC(=O)NC2=NC(=O)/C(=C/c3ccc(-c4ccccc4[N+](=O)[O-])o3)S2)CC1.CN1CCN(CC(=O)NC2=NC(=O)/C(=C/c3ccc(-c4ccccc4[N+](=O)[O-])o3)S2)CC1.CN1CCN(CC(=O)O)CC1.NC1=NC(=O)/C(=C/c2ccc(-c3ccccc3[N+](=O)[O-])o2)S1. The van der Waals surface area contributed by atoms with Gasteiger partial charge in [-0.2, -0.15) is 20.0 Å². The highest BCUT2D eigenvalue weighted by molar-refractivity contribution is 8.19. The zero-order chi connectivity index (χ0) is 92.0. The minimum Gasteiger partial charge on any atom is -0.480 e. The number of thioether (sulfide) groups is 4. The lowest BCUT2D eigenvalue weighted by Crippen LogP contribution is -2.48. The highest BCUT2D eigenvalue weighted by atomic mass is 32.2. The van der Waals surface area contributed by atoms with Gasteiger partial charge in [0.2, 0.25) is 17.7 Å². The number of furan rings is 4. The Morgan fingerprint density at radius 2 is 0.581 bits per heavy atom. The first-order valence-corrected chi connectivity index (χ1v) is 43.1. The van der Waals surface area contributed by atoms with Crippen LogP contribution in [0.2, 0.25) is 0 Å². The van der Waals surface area contributed by atoms with Gasteiger partial charge in [-0.25, -0.2) is 0 Å². The quantitative estimate of drug-likeness (QED) is 0.0270. The van der Waals surface area contributed by atoms with Gasteiger partial charge in [-0.05, 0) is 148 Å². The van der Waals surface area contributed by atoms with E-state index in [1.807, 2.05) is 26.0 Å². The fourth-order valence-corrected chi connectivity index (χ4v) is 16.4. The van der Waals surface area contributed by atoms with E-state index in [9.17, 15) is 78.8 Å². The number of nitrogens with zero attached hydrogens (tertiary/aromatic N) is 16. The van der Waals surface area contributed by atoms with Crippen molar-refractivity contribution in [2.45, 2.75) is 0 Å². The van der Waals surface area contributed by atoms with Crippen LogP contribution in [-0.2, 0) is 38.4 Å². The number of piperazine rings is 4. The molecule has 672 valence electrons.